The van der Waals surface area contributed by atoms with Crippen molar-refractivity contribution < 1.29 is 53.7 Å². The molecule has 0 saturated carbocycles. The molecule has 20 nitrogen and oxygen atoms in total. The minimum Gasteiger partial charge on any atom is -0.481 e. The molecule has 0 fully saturated rings. The zero-order chi connectivity index (χ0) is 38.6. The molecule has 0 aromatic carbocycles. The van der Waals surface area contributed by atoms with Crippen LogP contribution in [0.3, 0.4) is 0 Å². The van der Waals surface area contributed by atoms with Gasteiger partial charge in [-0.1, -0.05) is 20.3 Å². The highest BCUT2D eigenvalue weighted by atomic mass is 16.4. The van der Waals surface area contributed by atoms with Crippen molar-refractivity contribution in [3.8, 4) is 0 Å². The summed E-state index contributed by atoms with van der Waals surface area (Å²) >= 11 is 0. The molecule has 6 amide bonds. The number of aliphatic hydroxyl groups excluding tert-OH is 1. The number of amides is 6. The van der Waals surface area contributed by atoms with E-state index in [-0.39, 0.29) is 19.4 Å². The molecule has 0 radical (unpaired) electrons. The maximum atomic E-state index is 13.5. The summed E-state index contributed by atoms with van der Waals surface area (Å²) in [5, 5.41) is 40.9. The fourth-order valence-electron chi connectivity index (χ4n) is 4.62. The number of rotatable bonds is 26. The van der Waals surface area contributed by atoms with Gasteiger partial charge in [0.1, 0.15) is 30.2 Å². The normalized spacial score (nSPS) is 15.8. The number of nitrogens with one attached hydrogen (secondary N) is 5. The first-order valence-corrected chi connectivity index (χ1v) is 16.5. The quantitative estimate of drug-likeness (QED) is 0.0378. The monoisotopic (exact) mass is 717 g/mol. The smallest absolute Gasteiger partial charge is 0.326 e. The molecule has 0 spiro atoms. The lowest BCUT2D eigenvalue weighted by molar-refractivity contribution is -0.144. The number of unbranched alkanes of at least 4 members (excludes halogenated alkanes) is 2. The van der Waals surface area contributed by atoms with Gasteiger partial charge in [-0.05, 0) is 64.5 Å². The molecule has 8 atom stereocenters. The minimum atomic E-state index is -1.82. The van der Waals surface area contributed by atoms with E-state index < -0.39 is 108 Å². The lowest BCUT2D eigenvalue weighted by atomic mass is 9.96. The molecule has 0 heterocycles. The van der Waals surface area contributed by atoms with Gasteiger partial charge < -0.3 is 64.8 Å². The zero-order valence-corrected chi connectivity index (χ0v) is 28.8. The molecule has 0 bridgehead atoms. The SMILES string of the molecule is CC[C@H](C)[C@H](NC(=O)[C@@H](N)CC(N)=O)C(=O)N[C@@H](CCCCN)C(=O)N[C@@H](CC(=O)O)C(=O)N[C@H](C(=O)N[C@@H](CCCCN)C(=O)O)[C@@H](C)O. The van der Waals surface area contributed by atoms with E-state index >= 15 is 0 Å². The van der Waals surface area contributed by atoms with E-state index in [2.05, 4.69) is 26.6 Å². The third-order valence-corrected chi connectivity index (χ3v) is 7.77. The van der Waals surface area contributed by atoms with Crippen LogP contribution in [-0.2, 0) is 38.4 Å². The van der Waals surface area contributed by atoms with Gasteiger partial charge in [-0.25, -0.2) is 4.79 Å². The molecule has 0 saturated heterocycles. The lowest BCUT2D eigenvalue weighted by Gasteiger charge is -2.29. The number of carbonyl (C=O) groups excluding carboxylic acids is 6. The number of primary amides is 1. The number of hydrogen-bond donors (Lipinski definition) is 12. The van der Waals surface area contributed by atoms with Gasteiger partial charge >= 0.3 is 11.9 Å². The second-order valence-corrected chi connectivity index (χ2v) is 12.1. The van der Waals surface area contributed by atoms with E-state index in [0.29, 0.717) is 38.6 Å². The van der Waals surface area contributed by atoms with Crippen molar-refractivity contribution in [3.05, 3.63) is 0 Å². The Hall–Kier alpha value is -4.40. The van der Waals surface area contributed by atoms with Gasteiger partial charge in [-0.2, -0.15) is 0 Å². The minimum absolute atomic E-state index is 0.00939. The van der Waals surface area contributed by atoms with Gasteiger partial charge in [0.2, 0.25) is 35.4 Å². The summed E-state index contributed by atoms with van der Waals surface area (Å²) in [6.07, 6.45) is -1.05. The van der Waals surface area contributed by atoms with Crippen LogP contribution >= 0.6 is 0 Å². The van der Waals surface area contributed by atoms with Gasteiger partial charge in [0.05, 0.1) is 25.0 Å². The largest absolute Gasteiger partial charge is 0.481 e. The van der Waals surface area contributed by atoms with Crippen molar-refractivity contribution in [2.24, 2.45) is 28.9 Å². The van der Waals surface area contributed by atoms with Gasteiger partial charge in [-0.15, -0.1) is 0 Å². The van der Waals surface area contributed by atoms with Gasteiger partial charge in [0, 0.05) is 0 Å². The highest BCUT2D eigenvalue weighted by Gasteiger charge is 2.35. The van der Waals surface area contributed by atoms with Crippen molar-refractivity contribution >= 4 is 47.4 Å². The summed E-state index contributed by atoms with van der Waals surface area (Å²) in [6.45, 7) is 5.06. The molecule has 50 heavy (non-hydrogen) atoms. The maximum absolute atomic E-state index is 13.5. The molecular weight excluding hydrogens is 662 g/mol. The predicted octanol–water partition coefficient (Wildman–Crippen LogP) is -4.14. The Kier molecular flexibility index (Phi) is 21.8. The summed E-state index contributed by atoms with van der Waals surface area (Å²) in [7, 11) is 0. The Morgan fingerprint density at radius 3 is 1.54 bits per heavy atom. The topological polar surface area (TPSA) is 361 Å². The molecule has 0 aliphatic heterocycles. The Balaban J connectivity index is 6.13. The van der Waals surface area contributed by atoms with Crippen LogP contribution in [0.25, 0.3) is 0 Å². The van der Waals surface area contributed by atoms with Crippen LogP contribution in [0.1, 0.15) is 78.6 Å². The summed E-state index contributed by atoms with van der Waals surface area (Å²) < 4.78 is 0. The zero-order valence-electron chi connectivity index (χ0n) is 28.8. The summed E-state index contributed by atoms with van der Waals surface area (Å²) in [5.74, 6) is -9.12. The highest BCUT2D eigenvalue weighted by Crippen LogP contribution is 2.11. The molecule has 0 rings (SSSR count). The van der Waals surface area contributed by atoms with Crippen LogP contribution in [0.4, 0.5) is 0 Å². The molecular formula is C30H55N9O11. The first-order chi connectivity index (χ1) is 23.4. The summed E-state index contributed by atoms with van der Waals surface area (Å²) in [4.78, 5) is 100. The third-order valence-electron chi connectivity index (χ3n) is 7.77. The third kappa shape index (κ3) is 17.3. The first-order valence-electron chi connectivity index (χ1n) is 16.5. The van der Waals surface area contributed by atoms with Crippen molar-refractivity contribution in [3.63, 3.8) is 0 Å². The molecule has 286 valence electrons. The second-order valence-electron chi connectivity index (χ2n) is 12.1. The molecule has 0 aromatic rings. The van der Waals surface area contributed by atoms with E-state index in [1.165, 1.54) is 0 Å². The van der Waals surface area contributed by atoms with E-state index in [1.54, 1.807) is 13.8 Å². The number of hydrogen-bond acceptors (Lipinski definition) is 12. The molecule has 0 aliphatic carbocycles. The van der Waals surface area contributed by atoms with Gasteiger partial charge in [0.25, 0.3) is 0 Å². The van der Waals surface area contributed by atoms with E-state index in [9.17, 15) is 53.7 Å². The number of carboxylic acid groups (broad SMARTS) is 2. The molecule has 16 N–H and O–H groups in total. The number of carbonyl (C=O) groups is 8. The number of nitrogens with two attached hydrogens (primary N) is 4. The fraction of sp³-hybridized carbons (Fsp3) is 0.733. The van der Waals surface area contributed by atoms with Crippen molar-refractivity contribution in [2.45, 2.75) is 121 Å². The second kappa shape index (κ2) is 23.9. The Bertz CT molecular complexity index is 1170. The van der Waals surface area contributed by atoms with Crippen LogP contribution in [0, 0.1) is 5.92 Å². The number of aliphatic carboxylic acids is 2. The van der Waals surface area contributed by atoms with Crippen molar-refractivity contribution in [1.82, 2.24) is 26.6 Å². The Labute approximate surface area is 290 Å². The molecule has 0 unspecified atom stereocenters. The number of aliphatic hydroxyl groups is 1. The Morgan fingerprint density at radius 2 is 1.08 bits per heavy atom. The maximum Gasteiger partial charge on any atom is 0.326 e. The molecule has 0 aromatic heterocycles. The first kappa shape index (κ1) is 45.6. The summed E-state index contributed by atoms with van der Waals surface area (Å²) in [6, 6.07) is -8.86. The van der Waals surface area contributed by atoms with Crippen LogP contribution in [-0.4, -0.2) is 118 Å². The standard InChI is InChI=1S/C30H55N9O11/c1-4-15(2)23(38-25(44)17(33)13-21(34)41)28(47)35-18(9-5-7-11-31)26(45)37-20(14-22(42)43)27(46)39-24(16(3)40)29(48)36-19(30(49)50)10-6-8-12-32/h15-20,23-24,40H,4-14,31-33H2,1-3H3,(H2,34,41)(H,35,47)(H,36,48)(H,37,45)(H,38,44)(H,39,46)(H,42,43)(H,49,50)/t15-,16+,17-,18-,19-,20-,23-,24-/m0/s1. The molecule has 20 heteroatoms. The van der Waals surface area contributed by atoms with Crippen molar-refractivity contribution in [2.75, 3.05) is 13.1 Å². The van der Waals surface area contributed by atoms with E-state index in [0.717, 1.165) is 6.92 Å². The predicted molar refractivity (Wildman–Crippen MR) is 178 cm³/mol. The van der Waals surface area contributed by atoms with Crippen LogP contribution in [0.5, 0.6) is 0 Å². The lowest BCUT2D eigenvalue weighted by Crippen LogP contribution is -2.61. The van der Waals surface area contributed by atoms with Crippen LogP contribution < -0.4 is 49.5 Å². The average Bonchev–Trinajstić information content (AvgIpc) is 3.03. The number of carboxylic acids is 2. The summed E-state index contributed by atoms with van der Waals surface area (Å²) in [5.41, 5.74) is 21.8. The van der Waals surface area contributed by atoms with E-state index in [1.807, 2.05) is 0 Å². The average molecular weight is 718 g/mol. The van der Waals surface area contributed by atoms with Gasteiger partial charge in [0.15, 0.2) is 0 Å². The Morgan fingerprint density at radius 1 is 0.620 bits per heavy atom. The van der Waals surface area contributed by atoms with Crippen LogP contribution in [0.15, 0.2) is 0 Å². The van der Waals surface area contributed by atoms with E-state index in [4.69, 9.17) is 22.9 Å². The van der Waals surface area contributed by atoms with Gasteiger partial charge in [-0.3, -0.25) is 33.6 Å². The van der Waals surface area contributed by atoms with Crippen molar-refractivity contribution in [1.29, 1.82) is 0 Å². The van der Waals surface area contributed by atoms with Crippen LogP contribution in [0.2, 0.25) is 0 Å². The fourth-order valence-corrected chi connectivity index (χ4v) is 4.62. The highest BCUT2D eigenvalue weighted by molar-refractivity contribution is 5.98. The molecule has 0 aliphatic rings.